The highest BCUT2D eigenvalue weighted by atomic mass is 16.2. The van der Waals surface area contributed by atoms with Crippen LogP contribution in [0.15, 0.2) is 73.1 Å². The van der Waals surface area contributed by atoms with Crippen molar-refractivity contribution in [1.29, 1.82) is 0 Å². The molecule has 7 nitrogen and oxygen atoms in total. The van der Waals surface area contributed by atoms with Crippen LogP contribution in [0.5, 0.6) is 0 Å². The van der Waals surface area contributed by atoms with Gasteiger partial charge in [0.1, 0.15) is 5.82 Å². The summed E-state index contributed by atoms with van der Waals surface area (Å²) < 4.78 is 2.09. The van der Waals surface area contributed by atoms with Gasteiger partial charge in [0.05, 0.1) is 11.0 Å². The van der Waals surface area contributed by atoms with Crippen LogP contribution in [-0.4, -0.2) is 50.4 Å². The second-order valence-corrected chi connectivity index (χ2v) is 8.31. The monoisotopic (exact) mass is 439 g/mol. The number of aromatic nitrogens is 3. The van der Waals surface area contributed by atoms with Gasteiger partial charge in [0.2, 0.25) is 0 Å². The molecule has 0 radical (unpaired) electrons. The third-order valence-electron chi connectivity index (χ3n) is 6.14. The van der Waals surface area contributed by atoms with E-state index >= 15 is 0 Å². The molecule has 1 fully saturated rings. The summed E-state index contributed by atoms with van der Waals surface area (Å²) in [6.45, 7) is 3.20. The lowest BCUT2D eigenvalue weighted by Gasteiger charge is -2.32. The third kappa shape index (κ3) is 4.22. The number of pyridine rings is 1. The van der Waals surface area contributed by atoms with Crippen molar-refractivity contribution < 1.29 is 9.59 Å². The number of aryl methyl sites for hydroxylation is 1. The van der Waals surface area contributed by atoms with Crippen LogP contribution in [0.2, 0.25) is 0 Å². The van der Waals surface area contributed by atoms with Crippen LogP contribution in [0.25, 0.3) is 16.7 Å². The number of nitrogens with zero attached hydrogens (tertiary/aromatic N) is 4. The lowest BCUT2D eigenvalue weighted by atomic mass is 10.0. The molecule has 0 bridgehead atoms. The number of nitrogens with one attached hydrogen (secondary N) is 1. The van der Waals surface area contributed by atoms with E-state index in [9.17, 15) is 9.59 Å². The summed E-state index contributed by atoms with van der Waals surface area (Å²) in [5.41, 5.74) is 4.05. The van der Waals surface area contributed by atoms with Crippen LogP contribution in [0.4, 0.5) is 0 Å². The molecular formula is C26H25N5O2. The number of piperidine rings is 1. The smallest absolute Gasteiger partial charge is 0.253 e. The maximum absolute atomic E-state index is 12.9. The summed E-state index contributed by atoms with van der Waals surface area (Å²) >= 11 is 0. The van der Waals surface area contributed by atoms with Crippen molar-refractivity contribution in [2.75, 3.05) is 13.1 Å². The van der Waals surface area contributed by atoms with Crippen LogP contribution >= 0.6 is 0 Å². The maximum atomic E-state index is 12.9. The quantitative estimate of drug-likeness (QED) is 0.525. The summed E-state index contributed by atoms with van der Waals surface area (Å²) in [6, 6.07) is 19.2. The highest BCUT2D eigenvalue weighted by molar-refractivity contribution is 5.98. The van der Waals surface area contributed by atoms with Crippen molar-refractivity contribution in [3.63, 3.8) is 0 Å². The number of hydrogen-bond acceptors (Lipinski definition) is 4. The number of benzene rings is 2. The Bertz CT molecular complexity index is 1290. The van der Waals surface area contributed by atoms with E-state index in [2.05, 4.69) is 19.9 Å². The zero-order valence-electron chi connectivity index (χ0n) is 18.4. The molecule has 5 rings (SSSR count). The number of hydrogen-bond donors (Lipinski definition) is 1. The molecule has 3 heterocycles. The fraction of sp³-hybridized carbons (Fsp3) is 0.231. The Morgan fingerprint density at radius 3 is 2.39 bits per heavy atom. The van der Waals surface area contributed by atoms with Gasteiger partial charge in [0.15, 0.2) is 0 Å². The molecule has 0 spiro atoms. The van der Waals surface area contributed by atoms with Gasteiger partial charge >= 0.3 is 0 Å². The normalized spacial score (nSPS) is 14.4. The molecule has 0 unspecified atom stereocenters. The molecule has 2 aromatic heterocycles. The summed E-state index contributed by atoms with van der Waals surface area (Å²) in [7, 11) is 0. The second-order valence-electron chi connectivity index (χ2n) is 8.31. The molecule has 0 saturated carbocycles. The first-order chi connectivity index (χ1) is 16.1. The van der Waals surface area contributed by atoms with Gasteiger partial charge in [-0.05, 0) is 62.2 Å². The average Bonchev–Trinajstić information content (AvgIpc) is 3.20. The summed E-state index contributed by atoms with van der Waals surface area (Å²) in [4.78, 5) is 36.0. The fourth-order valence-corrected chi connectivity index (χ4v) is 4.42. The second kappa shape index (κ2) is 8.86. The van der Waals surface area contributed by atoms with E-state index in [0.29, 0.717) is 24.2 Å². The van der Waals surface area contributed by atoms with Crippen LogP contribution in [-0.2, 0) is 0 Å². The van der Waals surface area contributed by atoms with Gasteiger partial charge in [0.25, 0.3) is 11.8 Å². The topological polar surface area (TPSA) is 80.1 Å². The molecule has 1 aliphatic rings. The SMILES string of the molecule is Cc1nc2cc(C(=O)NC3CCN(C(=O)c4ccncc4)CC3)ccc2n1-c1ccccc1. The van der Waals surface area contributed by atoms with Gasteiger partial charge in [-0.3, -0.25) is 19.1 Å². The van der Waals surface area contributed by atoms with E-state index in [1.54, 1.807) is 24.5 Å². The molecule has 33 heavy (non-hydrogen) atoms. The van der Waals surface area contributed by atoms with Gasteiger partial charge in [-0.2, -0.15) is 0 Å². The number of carbonyl (C=O) groups is 2. The van der Waals surface area contributed by atoms with E-state index < -0.39 is 0 Å². The minimum absolute atomic E-state index is 0.0111. The molecule has 1 aliphatic heterocycles. The fourth-order valence-electron chi connectivity index (χ4n) is 4.42. The van der Waals surface area contributed by atoms with E-state index in [1.165, 1.54) is 0 Å². The Hall–Kier alpha value is -4.00. The highest BCUT2D eigenvalue weighted by Gasteiger charge is 2.25. The highest BCUT2D eigenvalue weighted by Crippen LogP contribution is 2.23. The minimum atomic E-state index is -0.109. The molecule has 2 aromatic carbocycles. The van der Waals surface area contributed by atoms with Crippen molar-refractivity contribution in [2.24, 2.45) is 0 Å². The number of para-hydroxylation sites is 1. The first-order valence-electron chi connectivity index (χ1n) is 11.1. The lowest BCUT2D eigenvalue weighted by molar-refractivity contribution is 0.0698. The summed E-state index contributed by atoms with van der Waals surface area (Å²) in [5.74, 6) is 0.778. The molecule has 7 heteroatoms. The number of likely N-dealkylation sites (tertiary alicyclic amines) is 1. The molecule has 2 amide bonds. The number of amides is 2. The molecule has 1 saturated heterocycles. The third-order valence-corrected chi connectivity index (χ3v) is 6.14. The molecular weight excluding hydrogens is 414 g/mol. The van der Waals surface area contributed by atoms with Crippen LogP contribution in [0.3, 0.4) is 0 Å². The van der Waals surface area contributed by atoms with Crippen LogP contribution < -0.4 is 5.32 Å². The van der Waals surface area contributed by atoms with E-state index in [1.807, 2.05) is 60.4 Å². The van der Waals surface area contributed by atoms with E-state index in [4.69, 9.17) is 0 Å². The predicted octanol–water partition coefficient (Wildman–Crippen LogP) is 3.76. The van der Waals surface area contributed by atoms with Crippen molar-refractivity contribution in [3.8, 4) is 5.69 Å². The number of fused-ring (bicyclic) bond motifs is 1. The molecule has 4 aromatic rings. The molecule has 0 atom stereocenters. The van der Waals surface area contributed by atoms with Crippen LogP contribution in [0.1, 0.15) is 39.4 Å². The van der Waals surface area contributed by atoms with E-state index in [-0.39, 0.29) is 17.9 Å². The first-order valence-corrected chi connectivity index (χ1v) is 11.1. The number of imidazole rings is 1. The number of carbonyl (C=O) groups excluding carboxylic acids is 2. The van der Waals surface area contributed by atoms with E-state index in [0.717, 1.165) is 35.4 Å². The van der Waals surface area contributed by atoms with Gasteiger partial charge in [-0.1, -0.05) is 18.2 Å². The zero-order valence-corrected chi connectivity index (χ0v) is 18.4. The zero-order chi connectivity index (χ0) is 22.8. The Morgan fingerprint density at radius 2 is 1.67 bits per heavy atom. The summed E-state index contributed by atoms with van der Waals surface area (Å²) in [5, 5.41) is 3.13. The van der Waals surface area contributed by atoms with Crippen molar-refractivity contribution in [1.82, 2.24) is 24.8 Å². The Morgan fingerprint density at radius 1 is 0.939 bits per heavy atom. The Balaban J connectivity index is 1.25. The Kier molecular flexibility index (Phi) is 5.60. The van der Waals surface area contributed by atoms with Crippen molar-refractivity contribution >= 4 is 22.8 Å². The maximum Gasteiger partial charge on any atom is 0.253 e. The Labute approximate surface area is 192 Å². The summed E-state index contributed by atoms with van der Waals surface area (Å²) in [6.07, 6.45) is 4.71. The van der Waals surface area contributed by atoms with Crippen LogP contribution in [0, 0.1) is 6.92 Å². The lowest BCUT2D eigenvalue weighted by Crippen LogP contribution is -2.46. The van der Waals surface area contributed by atoms with Gasteiger partial charge < -0.3 is 10.2 Å². The molecule has 0 aliphatic carbocycles. The molecule has 1 N–H and O–H groups in total. The van der Waals surface area contributed by atoms with Crippen molar-refractivity contribution in [3.05, 3.63) is 90.0 Å². The van der Waals surface area contributed by atoms with Gasteiger partial charge in [-0.25, -0.2) is 4.98 Å². The van der Waals surface area contributed by atoms with Crippen molar-refractivity contribution in [2.45, 2.75) is 25.8 Å². The predicted molar refractivity (Wildman–Crippen MR) is 126 cm³/mol. The largest absolute Gasteiger partial charge is 0.349 e. The van der Waals surface area contributed by atoms with Gasteiger partial charge in [0, 0.05) is 48.3 Å². The average molecular weight is 440 g/mol. The first kappa shape index (κ1) is 20.9. The standard InChI is InChI=1S/C26H25N5O2/c1-18-28-23-17-20(7-8-24(23)31(18)22-5-3-2-4-6-22)25(32)29-21-11-15-30(16-12-21)26(33)19-9-13-27-14-10-19/h2-10,13-14,17,21H,11-12,15-16H2,1H3,(H,29,32). The van der Waals surface area contributed by atoms with Gasteiger partial charge in [-0.15, -0.1) is 0 Å². The minimum Gasteiger partial charge on any atom is -0.349 e. The number of rotatable bonds is 4. The molecule has 166 valence electrons.